The third kappa shape index (κ3) is 5.02. The van der Waals surface area contributed by atoms with Crippen LogP contribution in [0.4, 0.5) is 0 Å². The average molecular weight is 405 g/mol. The lowest BCUT2D eigenvalue weighted by atomic mass is 9.87. The Balaban J connectivity index is 2.20. The summed E-state index contributed by atoms with van der Waals surface area (Å²) in [7, 11) is 4.97. The SMILES string of the molecule is CNC1[C@H](OC)OC(COC(C)=O)[C@@H](O[C@@H]2OC(C)[C@@H](O)C(OC)[C@@H]2C)[C@@H]1C. The van der Waals surface area contributed by atoms with Crippen molar-refractivity contribution < 1.29 is 38.3 Å². The fourth-order valence-electron chi connectivity index (χ4n) is 4.09. The Labute approximate surface area is 166 Å². The summed E-state index contributed by atoms with van der Waals surface area (Å²) in [5.41, 5.74) is 0. The van der Waals surface area contributed by atoms with E-state index < -0.39 is 49.1 Å². The van der Waals surface area contributed by atoms with Crippen molar-refractivity contribution in [3.8, 4) is 0 Å². The topological polar surface area (TPSA) is 105 Å². The van der Waals surface area contributed by atoms with Crippen LogP contribution in [-0.4, -0.2) is 88.1 Å². The Morgan fingerprint density at radius 3 is 2.25 bits per heavy atom. The summed E-state index contributed by atoms with van der Waals surface area (Å²) in [4.78, 5) is 11.3. The minimum absolute atomic E-state index is 0.0248. The first kappa shape index (κ1) is 23.5. The number of rotatable bonds is 7. The van der Waals surface area contributed by atoms with Crippen LogP contribution in [0, 0.1) is 11.8 Å². The zero-order valence-corrected chi connectivity index (χ0v) is 17.8. The molecule has 2 heterocycles. The van der Waals surface area contributed by atoms with Gasteiger partial charge in [-0.2, -0.15) is 0 Å². The summed E-state index contributed by atoms with van der Waals surface area (Å²) in [5, 5.41) is 13.5. The van der Waals surface area contributed by atoms with Crippen LogP contribution in [0.3, 0.4) is 0 Å². The van der Waals surface area contributed by atoms with E-state index in [0.717, 1.165) is 0 Å². The van der Waals surface area contributed by atoms with E-state index in [1.807, 2.05) is 20.9 Å². The van der Waals surface area contributed by atoms with Crippen molar-refractivity contribution in [2.24, 2.45) is 11.8 Å². The quantitative estimate of drug-likeness (QED) is 0.578. The molecule has 0 radical (unpaired) electrons. The van der Waals surface area contributed by atoms with Gasteiger partial charge in [-0.3, -0.25) is 4.79 Å². The van der Waals surface area contributed by atoms with Crippen LogP contribution < -0.4 is 5.32 Å². The van der Waals surface area contributed by atoms with Gasteiger partial charge in [0.1, 0.15) is 18.8 Å². The van der Waals surface area contributed by atoms with Crippen LogP contribution in [0.5, 0.6) is 0 Å². The Kier molecular flexibility index (Phi) is 8.62. The molecule has 0 aromatic rings. The molecule has 9 nitrogen and oxygen atoms in total. The van der Waals surface area contributed by atoms with Gasteiger partial charge in [-0.25, -0.2) is 0 Å². The van der Waals surface area contributed by atoms with Gasteiger partial charge in [-0.15, -0.1) is 0 Å². The molecule has 10 atom stereocenters. The van der Waals surface area contributed by atoms with E-state index in [0.29, 0.717) is 0 Å². The van der Waals surface area contributed by atoms with Gasteiger partial charge >= 0.3 is 5.97 Å². The largest absolute Gasteiger partial charge is 0.463 e. The van der Waals surface area contributed by atoms with Gasteiger partial charge in [0.2, 0.25) is 0 Å². The monoisotopic (exact) mass is 405 g/mol. The number of methoxy groups -OCH3 is 2. The molecule has 2 N–H and O–H groups in total. The van der Waals surface area contributed by atoms with Crippen molar-refractivity contribution in [3.05, 3.63) is 0 Å². The number of likely N-dealkylation sites (N-methyl/N-ethyl adjacent to an activating group) is 1. The second-order valence-corrected chi connectivity index (χ2v) is 7.62. The molecule has 28 heavy (non-hydrogen) atoms. The van der Waals surface area contributed by atoms with Gasteiger partial charge < -0.3 is 38.8 Å². The summed E-state index contributed by atoms with van der Waals surface area (Å²) in [6.07, 6.45) is -3.63. The summed E-state index contributed by atoms with van der Waals surface area (Å²) < 4.78 is 34.4. The molecule has 2 fully saturated rings. The third-order valence-corrected chi connectivity index (χ3v) is 5.75. The highest BCUT2D eigenvalue weighted by Gasteiger charge is 2.49. The van der Waals surface area contributed by atoms with Crippen molar-refractivity contribution in [2.45, 2.75) is 76.8 Å². The van der Waals surface area contributed by atoms with E-state index in [1.165, 1.54) is 6.92 Å². The van der Waals surface area contributed by atoms with Gasteiger partial charge in [-0.05, 0) is 14.0 Å². The highest BCUT2D eigenvalue weighted by Crippen LogP contribution is 2.34. The molecule has 0 amide bonds. The number of hydrogen-bond donors (Lipinski definition) is 2. The van der Waals surface area contributed by atoms with Gasteiger partial charge in [-0.1, -0.05) is 13.8 Å². The minimum atomic E-state index is -0.736. The molecule has 0 aromatic heterocycles. The van der Waals surface area contributed by atoms with Gasteiger partial charge in [0.25, 0.3) is 0 Å². The van der Waals surface area contributed by atoms with E-state index in [4.69, 9.17) is 28.4 Å². The van der Waals surface area contributed by atoms with E-state index in [2.05, 4.69) is 5.32 Å². The molecule has 4 unspecified atom stereocenters. The molecule has 0 spiro atoms. The maximum Gasteiger partial charge on any atom is 0.302 e. The first-order valence-corrected chi connectivity index (χ1v) is 9.75. The van der Waals surface area contributed by atoms with Gasteiger partial charge in [0.15, 0.2) is 12.6 Å². The number of carbonyl (C=O) groups excluding carboxylic acids is 1. The molecule has 0 aliphatic carbocycles. The number of hydrogen-bond acceptors (Lipinski definition) is 9. The zero-order chi connectivity index (χ0) is 21.0. The summed E-state index contributed by atoms with van der Waals surface area (Å²) in [6.45, 7) is 7.13. The molecule has 9 heteroatoms. The molecule has 0 bridgehead atoms. The molecular formula is C19H35NO8. The maximum absolute atomic E-state index is 11.3. The molecule has 2 aliphatic heterocycles. The van der Waals surface area contributed by atoms with Crippen LogP contribution in [0.25, 0.3) is 0 Å². The van der Waals surface area contributed by atoms with Crippen LogP contribution in [0.2, 0.25) is 0 Å². The van der Waals surface area contributed by atoms with Gasteiger partial charge in [0.05, 0.1) is 24.4 Å². The Morgan fingerprint density at radius 2 is 1.71 bits per heavy atom. The molecule has 0 aromatic carbocycles. The number of esters is 1. The van der Waals surface area contributed by atoms with Crippen LogP contribution >= 0.6 is 0 Å². The predicted molar refractivity (Wildman–Crippen MR) is 99.5 cm³/mol. The van der Waals surface area contributed by atoms with Crippen LogP contribution in [0.15, 0.2) is 0 Å². The molecule has 2 aliphatic rings. The van der Waals surface area contributed by atoms with Crippen molar-refractivity contribution in [3.63, 3.8) is 0 Å². The average Bonchev–Trinajstić information content (AvgIpc) is 2.66. The molecule has 2 saturated heterocycles. The minimum Gasteiger partial charge on any atom is -0.463 e. The lowest BCUT2D eigenvalue weighted by molar-refractivity contribution is -0.328. The smallest absolute Gasteiger partial charge is 0.302 e. The second-order valence-electron chi connectivity index (χ2n) is 7.62. The number of nitrogens with one attached hydrogen (secondary N) is 1. The third-order valence-electron chi connectivity index (χ3n) is 5.75. The maximum atomic E-state index is 11.3. The Morgan fingerprint density at radius 1 is 1.04 bits per heavy atom. The summed E-state index contributed by atoms with van der Waals surface area (Å²) in [5.74, 6) is -0.618. The van der Waals surface area contributed by atoms with Crippen molar-refractivity contribution >= 4 is 5.97 Å². The molecule has 2 rings (SSSR count). The van der Waals surface area contributed by atoms with Crippen molar-refractivity contribution in [1.82, 2.24) is 5.32 Å². The Hall–Kier alpha value is -0.810. The zero-order valence-electron chi connectivity index (χ0n) is 17.8. The summed E-state index contributed by atoms with van der Waals surface area (Å²) in [6, 6.07) is -0.122. The van der Waals surface area contributed by atoms with Crippen LogP contribution in [-0.2, 0) is 33.2 Å². The lowest BCUT2D eigenvalue weighted by Gasteiger charge is -2.48. The van der Waals surface area contributed by atoms with Gasteiger partial charge in [0, 0.05) is 33.0 Å². The molecular weight excluding hydrogens is 370 g/mol. The highest BCUT2D eigenvalue weighted by molar-refractivity contribution is 5.65. The Bertz CT molecular complexity index is 506. The first-order chi connectivity index (χ1) is 13.2. The van der Waals surface area contributed by atoms with Crippen molar-refractivity contribution in [2.75, 3.05) is 27.9 Å². The first-order valence-electron chi connectivity index (χ1n) is 9.75. The second kappa shape index (κ2) is 10.3. The predicted octanol–water partition coefficient (Wildman–Crippen LogP) is 0.287. The number of aliphatic hydroxyl groups is 1. The van der Waals surface area contributed by atoms with E-state index in [-0.39, 0.29) is 24.5 Å². The standard InChI is InChI=1S/C19H35NO8/c1-9-14(20-5)19(24-7)27-13(8-25-12(4)21)16(9)28-18-10(2)17(23-6)15(22)11(3)26-18/h9-11,13-20,22H,8H2,1-7H3/t9-,10+,11?,13?,14?,15-,16+,17?,18+,19-/m1/s1. The van der Waals surface area contributed by atoms with E-state index in [9.17, 15) is 9.90 Å². The fraction of sp³-hybridized carbons (Fsp3) is 0.947. The lowest BCUT2D eigenvalue weighted by Crippen LogP contribution is -2.62. The van der Waals surface area contributed by atoms with E-state index >= 15 is 0 Å². The molecule has 0 saturated carbocycles. The summed E-state index contributed by atoms with van der Waals surface area (Å²) >= 11 is 0. The van der Waals surface area contributed by atoms with Crippen LogP contribution in [0.1, 0.15) is 27.7 Å². The number of carbonyl (C=O) groups is 1. The number of ether oxygens (including phenoxy) is 6. The van der Waals surface area contributed by atoms with E-state index in [1.54, 1.807) is 21.1 Å². The number of aliphatic hydroxyl groups excluding tert-OH is 1. The highest BCUT2D eigenvalue weighted by atomic mass is 16.7. The normalized spacial score (nSPS) is 44.3. The van der Waals surface area contributed by atoms with Crippen molar-refractivity contribution in [1.29, 1.82) is 0 Å². The molecule has 164 valence electrons. The fourth-order valence-corrected chi connectivity index (χ4v) is 4.09.